The Kier molecular flexibility index (Phi) is 7.16. The molecule has 0 saturated carbocycles. The second kappa shape index (κ2) is 9.34. The summed E-state index contributed by atoms with van der Waals surface area (Å²) in [5.74, 6) is 0.492. The van der Waals surface area contributed by atoms with E-state index < -0.39 is 0 Å². The molecule has 2 amide bonds. The molecule has 5 nitrogen and oxygen atoms in total. The van der Waals surface area contributed by atoms with E-state index in [4.69, 9.17) is 16.3 Å². The lowest BCUT2D eigenvalue weighted by Crippen LogP contribution is -2.36. The summed E-state index contributed by atoms with van der Waals surface area (Å²) in [7, 11) is 3.18. The van der Waals surface area contributed by atoms with Gasteiger partial charge >= 0.3 is 0 Å². The number of carbonyl (C=O) groups is 2. The Balaban J connectivity index is 1.85. The predicted molar refractivity (Wildman–Crippen MR) is 101 cm³/mol. The number of amides is 2. The van der Waals surface area contributed by atoms with E-state index in [2.05, 4.69) is 5.32 Å². The number of nitrogens with zero attached hydrogens (tertiary/aromatic N) is 1. The minimum Gasteiger partial charge on any atom is -0.496 e. The van der Waals surface area contributed by atoms with Gasteiger partial charge in [-0.3, -0.25) is 9.59 Å². The molecule has 0 aliphatic carbocycles. The topological polar surface area (TPSA) is 58.6 Å². The van der Waals surface area contributed by atoms with Crippen molar-refractivity contribution in [3.8, 4) is 5.75 Å². The van der Waals surface area contributed by atoms with Gasteiger partial charge in [0.05, 0.1) is 30.1 Å². The van der Waals surface area contributed by atoms with Crippen LogP contribution in [0.5, 0.6) is 5.75 Å². The average Bonchev–Trinajstić information content (AvgIpc) is 2.61. The summed E-state index contributed by atoms with van der Waals surface area (Å²) in [6.45, 7) is -0.0451. The zero-order chi connectivity index (χ0) is 18.2. The number of rotatable bonds is 7. The van der Waals surface area contributed by atoms with Crippen molar-refractivity contribution in [1.82, 2.24) is 4.90 Å². The number of methoxy groups -OCH3 is 1. The van der Waals surface area contributed by atoms with Crippen molar-refractivity contribution in [2.45, 2.75) is 4.90 Å². The number of ether oxygens (including phenoxy) is 1. The van der Waals surface area contributed by atoms with Crippen molar-refractivity contribution >= 4 is 40.9 Å². The van der Waals surface area contributed by atoms with E-state index in [0.29, 0.717) is 10.7 Å². The van der Waals surface area contributed by atoms with Crippen LogP contribution in [0.2, 0.25) is 5.02 Å². The highest BCUT2D eigenvalue weighted by atomic mass is 35.5. The van der Waals surface area contributed by atoms with Gasteiger partial charge in [0.2, 0.25) is 11.8 Å². The van der Waals surface area contributed by atoms with E-state index in [0.717, 1.165) is 10.6 Å². The van der Waals surface area contributed by atoms with Crippen LogP contribution in [0.1, 0.15) is 0 Å². The van der Waals surface area contributed by atoms with Gasteiger partial charge in [-0.15, -0.1) is 11.8 Å². The fourth-order valence-electron chi connectivity index (χ4n) is 2.04. The molecule has 0 atom stereocenters. The molecule has 0 bridgehead atoms. The van der Waals surface area contributed by atoms with Crippen molar-refractivity contribution < 1.29 is 14.3 Å². The molecule has 0 heterocycles. The Hall–Kier alpha value is -2.18. The van der Waals surface area contributed by atoms with Crippen LogP contribution in [0.25, 0.3) is 0 Å². The first-order chi connectivity index (χ1) is 12.0. The van der Waals surface area contributed by atoms with Gasteiger partial charge in [0.25, 0.3) is 0 Å². The Bertz CT molecular complexity index is 755. The van der Waals surface area contributed by atoms with Gasteiger partial charge in [0.15, 0.2) is 0 Å². The van der Waals surface area contributed by atoms with Gasteiger partial charge in [-0.1, -0.05) is 35.9 Å². The molecule has 25 heavy (non-hydrogen) atoms. The zero-order valence-electron chi connectivity index (χ0n) is 14.0. The molecule has 1 N–H and O–H groups in total. The molecule has 7 heteroatoms. The predicted octanol–water partition coefficient (Wildman–Crippen LogP) is 3.54. The number of halogens is 1. The monoisotopic (exact) mass is 378 g/mol. The van der Waals surface area contributed by atoms with E-state index in [1.807, 2.05) is 24.3 Å². The van der Waals surface area contributed by atoms with Crippen LogP contribution in [-0.4, -0.2) is 43.2 Å². The van der Waals surface area contributed by atoms with Crippen molar-refractivity contribution in [2.75, 3.05) is 31.8 Å². The van der Waals surface area contributed by atoms with Crippen LogP contribution in [0, 0.1) is 0 Å². The number of thioether (sulfide) groups is 1. The lowest BCUT2D eigenvalue weighted by Gasteiger charge is -2.17. The highest BCUT2D eigenvalue weighted by molar-refractivity contribution is 8.00. The highest BCUT2D eigenvalue weighted by Crippen LogP contribution is 2.28. The molecule has 132 valence electrons. The average molecular weight is 379 g/mol. The maximum absolute atomic E-state index is 12.2. The molecular formula is C18H19ClN2O3S. The van der Waals surface area contributed by atoms with Crippen molar-refractivity contribution in [1.29, 1.82) is 0 Å². The summed E-state index contributed by atoms with van der Waals surface area (Å²) in [6, 6.07) is 14.4. The molecule has 2 aromatic rings. The first-order valence-electron chi connectivity index (χ1n) is 7.55. The number of hydrogen-bond donors (Lipinski definition) is 1. The fourth-order valence-corrected chi connectivity index (χ4v) is 3.19. The van der Waals surface area contributed by atoms with E-state index in [1.54, 1.807) is 38.4 Å². The van der Waals surface area contributed by atoms with Crippen molar-refractivity contribution in [3.05, 3.63) is 53.6 Å². The molecule has 0 aromatic heterocycles. The molecule has 0 spiro atoms. The summed E-state index contributed by atoms with van der Waals surface area (Å²) in [5.41, 5.74) is 0.526. The molecule has 0 fully saturated rings. The van der Waals surface area contributed by atoms with Crippen LogP contribution in [0.15, 0.2) is 53.4 Å². The van der Waals surface area contributed by atoms with Crippen LogP contribution < -0.4 is 10.1 Å². The molecule has 0 radical (unpaired) electrons. The van der Waals surface area contributed by atoms with E-state index in [9.17, 15) is 9.59 Å². The number of benzene rings is 2. The van der Waals surface area contributed by atoms with Crippen LogP contribution in [0.3, 0.4) is 0 Å². The second-order valence-corrected chi connectivity index (χ2v) is 6.64. The molecule has 0 aliphatic heterocycles. The fraction of sp³-hybridized carbons (Fsp3) is 0.222. The number of nitrogens with one attached hydrogen (secondary N) is 1. The summed E-state index contributed by atoms with van der Waals surface area (Å²) >= 11 is 7.38. The van der Waals surface area contributed by atoms with Crippen molar-refractivity contribution in [3.63, 3.8) is 0 Å². The van der Waals surface area contributed by atoms with Crippen LogP contribution in [-0.2, 0) is 9.59 Å². The number of para-hydroxylation sites is 2. The van der Waals surface area contributed by atoms with Crippen LogP contribution in [0.4, 0.5) is 5.69 Å². The van der Waals surface area contributed by atoms with Gasteiger partial charge in [0.1, 0.15) is 5.75 Å². The molecular weight excluding hydrogens is 360 g/mol. The molecule has 0 unspecified atom stereocenters. The normalized spacial score (nSPS) is 10.2. The summed E-state index contributed by atoms with van der Waals surface area (Å²) in [6.07, 6.45) is 0. The van der Waals surface area contributed by atoms with Gasteiger partial charge in [-0.25, -0.2) is 0 Å². The SMILES string of the molecule is COc1ccccc1SCC(=O)N(C)CC(=O)Nc1ccccc1Cl. The van der Waals surface area contributed by atoms with Gasteiger partial charge in [-0.2, -0.15) is 0 Å². The Labute approximate surface area is 156 Å². The van der Waals surface area contributed by atoms with Crippen molar-refractivity contribution in [2.24, 2.45) is 0 Å². The molecule has 0 saturated heterocycles. The smallest absolute Gasteiger partial charge is 0.244 e. The zero-order valence-corrected chi connectivity index (χ0v) is 15.6. The lowest BCUT2D eigenvalue weighted by atomic mass is 10.3. The number of hydrogen-bond acceptors (Lipinski definition) is 4. The van der Waals surface area contributed by atoms with Gasteiger partial charge < -0.3 is 15.0 Å². The minimum absolute atomic E-state index is 0.0451. The minimum atomic E-state index is -0.300. The van der Waals surface area contributed by atoms with E-state index in [1.165, 1.54) is 16.7 Å². The maximum Gasteiger partial charge on any atom is 0.244 e. The molecule has 2 aromatic carbocycles. The quantitative estimate of drug-likeness (QED) is 0.749. The number of carbonyl (C=O) groups excluding carboxylic acids is 2. The third-order valence-electron chi connectivity index (χ3n) is 3.37. The maximum atomic E-state index is 12.2. The van der Waals surface area contributed by atoms with E-state index in [-0.39, 0.29) is 24.1 Å². The second-order valence-electron chi connectivity index (χ2n) is 5.22. The summed E-state index contributed by atoms with van der Waals surface area (Å²) < 4.78 is 5.26. The standard InChI is InChI=1S/C18H19ClN2O3S/c1-21(11-17(22)20-14-8-4-3-7-13(14)19)18(23)12-25-16-10-6-5-9-15(16)24-2/h3-10H,11-12H2,1-2H3,(H,20,22). The van der Waals surface area contributed by atoms with E-state index >= 15 is 0 Å². The molecule has 0 aliphatic rings. The summed E-state index contributed by atoms with van der Waals surface area (Å²) in [4.78, 5) is 26.6. The third-order valence-corrected chi connectivity index (χ3v) is 4.74. The van der Waals surface area contributed by atoms with Gasteiger partial charge in [-0.05, 0) is 24.3 Å². The number of likely N-dealkylation sites (N-methyl/N-ethyl adjacent to an activating group) is 1. The lowest BCUT2D eigenvalue weighted by molar-refractivity contribution is -0.131. The molecule has 2 rings (SSSR count). The Morgan fingerprint density at radius 2 is 1.84 bits per heavy atom. The Morgan fingerprint density at radius 1 is 1.16 bits per heavy atom. The largest absolute Gasteiger partial charge is 0.496 e. The Morgan fingerprint density at radius 3 is 2.56 bits per heavy atom. The number of anilines is 1. The highest BCUT2D eigenvalue weighted by Gasteiger charge is 2.15. The van der Waals surface area contributed by atoms with Gasteiger partial charge in [0, 0.05) is 11.9 Å². The third kappa shape index (κ3) is 5.69. The first kappa shape index (κ1) is 19.1. The van der Waals surface area contributed by atoms with Crippen LogP contribution >= 0.6 is 23.4 Å². The first-order valence-corrected chi connectivity index (χ1v) is 8.91. The summed E-state index contributed by atoms with van der Waals surface area (Å²) in [5, 5.41) is 3.15.